The summed E-state index contributed by atoms with van der Waals surface area (Å²) in [5.74, 6) is -1.39. The van der Waals surface area contributed by atoms with Gasteiger partial charge < -0.3 is 15.1 Å². The lowest BCUT2D eigenvalue weighted by Gasteiger charge is -2.35. The first-order valence-corrected chi connectivity index (χ1v) is 7.25. The van der Waals surface area contributed by atoms with Gasteiger partial charge in [0.25, 0.3) is 0 Å². The molecule has 2 rings (SSSR count). The zero-order valence-electron chi connectivity index (χ0n) is 11.2. The van der Waals surface area contributed by atoms with Crippen molar-refractivity contribution < 1.29 is 19.8 Å². The van der Waals surface area contributed by atoms with Crippen LogP contribution in [-0.2, 0) is 16.0 Å². The fourth-order valence-corrected chi connectivity index (χ4v) is 2.75. The normalized spacial score (nSPS) is 17.6. The highest BCUT2D eigenvalue weighted by Gasteiger charge is 2.40. The molecule has 1 fully saturated rings. The van der Waals surface area contributed by atoms with E-state index < -0.39 is 11.6 Å². The van der Waals surface area contributed by atoms with Crippen LogP contribution in [0.1, 0.15) is 18.4 Å². The van der Waals surface area contributed by atoms with Crippen LogP contribution in [0, 0.1) is 0 Å². The van der Waals surface area contributed by atoms with Crippen LogP contribution < -0.4 is 0 Å². The lowest BCUT2D eigenvalue weighted by molar-refractivity contribution is -0.165. The number of rotatable bonds is 3. The van der Waals surface area contributed by atoms with Gasteiger partial charge in [0.1, 0.15) is 0 Å². The monoisotopic (exact) mass is 331 g/mol. The first-order valence-electron chi connectivity index (χ1n) is 6.49. The third-order valence-electron chi connectivity index (χ3n) is 3.70. The van der Waals surface area contributed by atoms with E-state index in [1.54, 1.807) is 23.1 Å². The van der Waals surface area contributed by atoms with Crippen molar-refractivity contribution in [2.24, 2.45) is 0 Å². The quantitative estimate of drug-likeness (QED) is 0.887. The molecule has 21 heavy (non-hydrogen) atoms. The van der Waals surface area contributed by atoms with E-state index in [9.17, 15) is 14.7 Å². The third-order valence-corrected chi connectivity index (χ3v) is 4.29. The summed E-state index contributed by atoms with van der Waals surface area (Å²) in [5, 5.41) is 19.7. The maximum Gasteiger partial charge on any atom is 0.335 e. The van der Waals surface area contributed by atoms with Gasteiger partial charge in [-0.3, -0.25) is 4.79 Å². The summed E-state index contributed by atoms with van der Waals surface area (Å²) in [6.45, 7) is 0.430. The van der Waals surface area contributed by atoms with Gasteiger partial charge in [0.2, 0.25) is 5.91 Å². The molecule has 7 heteroatoms. The number of carboxylic acid groups (broad SMARTS) is 1. The number of likely N-dealkylation sites (tertiary alicyclic amines) is 1. The highest BCUT2D eigenvalue weighted by Crippen LogP contribution is 2.25. The van der Waals surface area contributed by atoms with Gasteiger partial charge in [-0.2, -0.15) is 0 Å². The molecule has 0 unspecified atom stereocenters. The number of piperidine rings is 1. The van der Waals surface area contributed by atoms with E-state index in [4.69, 9.17) is 28.3 Å². The van der Waals surface area contributed by atoms with Gasteiger partial charge in [-0.15, -0.1) is 0 Å². The van der Waals surface area contributed by atoms with Gasteiger partial charge in [-0.05, 0) is 17.7 Å². The largest absolute Gasteiger partial charge is 0.479 e. The van der Waals surface area contributed by atoms with Crippen LogP contribution in [0.2, 0.25) is 10.0 Å². The van der Waals surface area contributed by atoms with Crippen molar-refractivity contribution in [3.05, 3.63) is 33.8 Å². The van der Waals surface area contributed by atoms with Crippen LogP contribution in [0.4, 0.5) is 0 Å². The Balaban J connectivity index is 1.98. The predicted molar refractivity (Wildman–Crippen MR) is 78.6 cm³/mol. The van der Waals surface area contributed by atoms with E-state index in [-0.39, 0.29) is 38.3 Å². The zero-order chi connectivity index (χ0) is 15.6. The summed E-state index contributed by atoms with van der Waals surface area (Å²) in [6, 6.07) is 4.93. The van der Waals surface area contributed by atoms with E-state index in [0.29, 0.717) is 15.6 Å². The van der Waals surface area contributed by atoms with Gasteiger partial charge in [-0.1, -0.05) is 29.3 Å². The van der Waals surface area contributed by atoms with E-state index in [0.717, 1.165) is 0 Å². The van der Waals surface area contributed by atoms with Crippen molar-refractivity contribution in [2.75, 3.05) is 13.1 Å². The summed E-state index contributed by atoms with van der Waals surface area (Å²) in [7, 11) is 0. The van der Waals surface area contributed by atoms with E-state index in [2.05, 4.69) is 0 Å². The Kier molecular flexibility index (Phi) is 4.76. The molecule has 0 bridgehead atoms. The highest BCUT2D eigenvalue weighted by atomic mass is 35.5. The molecule has 0 saturated carbocycles. The Bertz CT molecular complexity index is 568. The molecule has 1 heterocycles. The summed E-state index contributed by atoms with van der Waals surface area (Å²) in [6.07, 6.45) is 0.187. The fourth-order valence-electron chi connectivity index (χ4n) is 2.28. The average Bonchev–Trinajstić information content (AvgIpc) is 2.42. The first kappa shape index (κ1) is 16.1. The van der Waals surface area contributed by atoms with Crippen LogP contribution in [-0.4, -0.2) is 45.7 Å². The Labute approximate surface area is 132 Å². The molecule has 1 amide bonds. The number of benzene rings is 1. The number of carbonyl (C=O) groups is 2. The number of aliphatic carboxylic acids is 1. The minimum absolute atomic E-state index is 0.0302. The summed E-state index contributed by atoms with van der Waals surface area (Å²) >= 11 is 11.8. The molecule has 0 radical (unpaired) electrons. The highest BCUT2D eigenvalue weighted by molar-refractivity contribution is 6.35. The lowest BCUT2D eigenvalue weighted by atomic mass is 9.91. The molecule has 1 aliphatic heterocycles. The molecule has 0 spiro atoms. The van der Waals surface area contributed by atoms with Gasteiger partial charge in [0.05, 0.1) is 6.42 Å². The number of aliphatic hydroxyl groups is 1. The Morgan fingerprint density at radius 3 is 2.38 bits per heavy atom. The van der Waals surface area contributed by atoms with Crippen LogP contribution in [0.15, 0.2) is 18.2 Å². The molecule has 114 valence electrons. The molecule has 0 aliphatic carbocycles. The number of hydrogen-bond donors (Lipinski definition) is 2. The van der Waals surface area contributed by atoms with Crippen LogP contribution in [0.5, 0.6) is 0 Å². The predicted octanol–water partition coefficient (Wildman–Crippen LogP) is 1.97. The van der Waals surface area contributed by atoms with Crippen molar-refractivity contribution in [2.45, 2.75) is 24.9 Å². The molecule has 1 saturated heterocycles. The second-order valence-electron chi connectivity index (χ2n) is 5.13. The molecule has 0 atom stereocenters. The van der Waals surface area contributed by atoms with Gasteiger partial charge in [-0.25, -0.2) is 4.79 Å². The summed E-state index contributed by atoms with van der Waals surface area (Å²) < 4.78 is 0. The zero-order valence-corrected chi connectivity index (χ0v) is 12.7. The maximum absolute atomic E-state index is 12.2. The lowest BCUT2D eigenvalue weighted by Crippen LogP contribution is -2.51. The molecule has 1 aliphatic rings. The number of carbonyl (C=O) groups excluding carboxylic acids is 1. The molecule has 1 aromatic rings. The molecule has 1 aromatic carbocycles. The average molecular weight is 332 g/mol. The second-order valence-corrected chi connectivity index (χ2v) is 5.97. The van der Waals surface area contributed by atoms with Gasteiger partial charge in [0.15, 0.2) is 5.60 Å². The number of amides is 1. The number of carboxylic acids is 1. The summed E-state index contributed by atoms with van der Waals surface area (Å²) in [4.78, 5) is 24.7. The summed E-state index contributed by atoms with van der Waals surface area (Å²) in [5.41, 5.74) is -1.06. The Hall–Kier alpha value is -1.30. The van der Waals surface area contributed by atoms with Gasteiger partial charge in [0, 0.05) is 36.0 Å². The first-order chi connectivity index (χ1) is 9.82. The minimum Gasteiger partial charge on any atom is -0.479 e. The topological polar surface area (TPSA) is 77.8 Å². The number of hydrogen-bond acceptors (Lipinski definition) is 3. The van der Waals surface area contributed by atoms with Crippen LogP contribution in [0.3, 0.4) is 0 Å². The number of halogens is 2. The second kappa shape index (κ2) is 6.22. The smallest absolute Gasteiger partial charge is 0.335 e. The van der Waals surface area contributed by atoms with Crippen molar-refractivity contribution in [3.8, 4) is 0 Å². The SMILES string of the molecule is O=C(Cc1ccc(Cl)cc1Cl)N1CCC(O)(C(=O)O)CC1. The number of nitrogens with zero attached hydrogens (tertiary/aromatic N) is 1. The Morgan fingerprint density at radius 1 is 1.24 bits per heavy atom. The Morgan fingerprint density at radius 2 is 1.86 bits per heavy atom. The van der Waals surface area contributed by atoms with Crippen LogP contribution in [0.25, 0.3) is 0 Å². The fraction of sp³-hybridized carbons (Fsp3) is 0.429. The molecule has 5 nitrogen and oxygen atoms in total. The van der Waals surface area contributed by atoms with Crippen molar-refractivity contribution >= 4 is 35.1 Å². The molecule has 0 aromatic heterocycles. The van der Waals surface area contributed by atoms with E-state index >= 15 is 0 Å². The molecule has 2 N–H and O–H groups in total. The van der Waals surface area contributed by atoms with Gasteiger partial charge >= 0.3 is 5.97 Å². The van der Waals surface area contributed by atoms with Crippen molar-refractivity contribution in [1.29, 1.82) is 0 Å². The van der Waals surface area contributed by atoms with E-state index in [1.165, 1.54) is 0 Å². The van der Waals surface area contributed by atoms with Crippen LogP contribution >= 0.6 is 23.2 Å². The van der Waals surface area contributed by atoms with Crippen molar-refractivity contribution in [3.63, 3.8) is 0 Å². The molecular weight excluding hydrogens is 317 g/mol. The standard InChI is InChI=1S/C14H15Cl2NO4/c15-10-2-1-9(11(16)8-10)7-12(18)17-5-3-14(21,4-6-17)13(19)20/h1-2,8,21H,3-7H2,(H,19,20). The molecular formula is C14H15Cl2NO4. The maximum atomic E-state index is 12.2. The third kappa shape index (κ3) is 3.67. The van der Waals surface area contributed by atoms with Crippen molar-refractivity contribution in [1.82, 2.24) is 4.90 Å². The van der Waals surface area contributed by atoms with E-state index in [1.807, 2.05) is 0 Å². The minimum atomic E-state index is -1.73.